The number of hydrogen-bond donors (Lipinski definition) is 1. The molecular weight excluding hydrogens is 208 g/mol. The molecule has 1 heterocycles. The lowest BCUT2D eigenvalue weighted by Gasteiger charge is -1.90. The molecule has 0 radical (unpaired) electrons. The lowest BCUT2D eigenvalue weighted by Crippen LogP contribution is -1.81. The standard InChI is InChI=1S/C11H12N2OS/c1-8-3-4-9-10(7-8)13-11(12-9)15-6-2-5-14/h3-5,7H,2,6H2,1H3,(H,12,13). The summed E-state index contributed by atoms with van der Waals surface area (Å²) >= 11 is 1.58. The topological polar surface area (TPSA) is 45.8 Å². The molecule has 78 valence electrons. The van der Waals surface area contributed by atoms with Crippen LogP contribution in [-0.4, -0.2) is 22.0 Å². The highest BCUT2D eigenvalue weighted by atomic mass is 32.2. The molecule has 2 rings (SSSR count). The van der Waals surface area contributed by atoms with Gasteiger partial charge in [-0.05, 0) is 24.6 Å². The first-order chi connectivity index (χ1) is 7.29. The summed E-state index contributed by atoms with van der Waals surface area (Å²) < 4.78 is 0. The SMILES string of the molecule is Cc1ccc2nc(SCCC=O)[nH]c2c1. The Morgan fingerprint density at radius 1 is 1.53 bits per heavy atom. The highest BCUT2D eigenvalue weighted by molar-refractivity contribution is 7.99. The van der Waals surface area contributed by atoms with Gasteiger partial charge in [-0.2, -0.15) is 0 Å². The van der Waals surface area contributed by atoms with Crippen molar-refractivity contribution in [1.29, 1.82) is 0 Å². The van der Waals surface area contributed by atoms with E-state index in [2.05, 4.69) is 23.0 Å². The molecule has 0 spiro atoms. The van der Waals surface area contributed by atoms with Gasteiger partial charge in [-0.15, -0.1) is 0 Å². The number of fused-ring (bicyclic) bond motifs is 1. The molecule has 2 aromatic rings. The minimum absolute atomic E-state index is 0.570. The normalized spacial score (nSPS) is 10.7. The fraction of sp³-hybridized carbons (Fsp3) is 0.273. The average Bonchev–Trinajstić information content (AvgIpc) is 2.60. The van der Waals surface area contributed by atoms with Crippen molar-refractivity contribution in [3.63, 3.8) is 0 Å². The molecular formula is C11H12N2OS. The Bertz CT molecular complexity index is 478. The van der Waals surface area contributed by atoms with E-state index in [4.69, 9.17) is 0 Å². The first-order valence-electron chi connectivity index (χ1n) is 4.82. The quantitative estimate of drug-likeness (QED) is 0.489. The van der Waals surface area contributed by atoms with Crippen LogP contribution in [0.5, 0.6) is 0 Å². The summed E-state index contributed by atoms with van der Waals surface area (Å²) in [6, 6.07) is 6.13. The van der Waals surface area contributed by atoms with Crippen LogP contribution in [0.4, 0.5) is 0 Å². The van der Waals surface area contributed by atoms with Gasteiger partial charge >= 0.3 is 0 Å². The monoisotopic (exact) mass is 220 g/mol. The molecule has 0 saturated heterocycles. The maximum Gasteiger partial charge on any atom is 0.166 e. The van der Waals surface area contributed by atoms with Gasteiger partial charge in [-0.25, -0.2) is 4.98 Å². The molecule has 15 heavy (non-hydrogen) atoms. The Morgan fingerprint density at radius 3 is 3.20 bits per heavy atom. The van der Waals surface area contributed by atoms with Crippen LogP contribution >= 0.6 is 11.8 Å². The Morgan fingerprint density at radius 2 is 2.40 bits per heavy atom. The summed E-state index contributed by atoms with van der Waals surface area (Å²) in [4.78, 5) is 17.8. The lowest BCUT2D eigenvalue weighted by atomic mass is 10.2. The molecule has 0 unspecified atom stereocenters. The molecule has 0 aliphatic rings. The molecule has 0 bridgehead atoms. The predicted molar refractivity (Wildman–Crippen MR) is 62.2 cm³/mol. The van der Waals surface area contributed by atoms with E-state index < -0.39 is 0 Å². The van der Waals surface area contributed by atoms with Crippen molar-refractivity contribution in [2.24, 2.45) is 0 Å². The first kappa shape index (κ1) is 10.2. The number of aromatic amines is 1. The molecule has 0 atom stereocenters. The molecule has 1 aromatic carbocycles. The third-order valence-electron chi connectivity index (χ3n) is 2.09. The number of hydrogen-bond acceptors (Lipinski definition) is 3. The number of rotatable bonds is 4. The summed E-state index contributed by atoms with van der Waals surface area (Å²) in [7, 11) is 0. The van der Waals surface area contributed by atoms with Gasteiger partial charge < -0.3 is 9.78 Å². The third kappa shape index (κ3) is 2.39. The summed E-state index contributed by atoms with van der Waals surface area (Å²) in [5.74, 6) is 0.780. The number of benzene rings is 1. The van der Waals surface area contributed by atoms with E-state index in [1.54, 1.807) is 11.8 Å². The maximum absolute atomic E-state index is 10.2. The number of nitrogens with one attached hydrogen (secondary N) is 1. The molecule has 0 fully saturated rings. The van der Waals surface area contributed by atoms with E-state index in [0.29, 0.717) is 6.42 Å². The number of carbonyl (C=O) groups excluding carboxylic acids is 1. The van der Waals surface area contributed by atoms with Crippen LogP contribution in [0, 0.1) is 6.92 Å². The first-order valence-corrected chi connectivity index (χ1v) is 5.81. The van der Waals surface area contributed by atoms with Crippen LogP contribution in [0.15, 0.2) is 23.4 Å². The smallest absolute Gasteiger partial charge is 0.166 e. The maximum atomic E-state index is 10.2. The number of carbonyl (C=O) groups is 1. The van der Waals surface area contributed by atoms with Crippen molar-refractivity contribution in [1.82, 2.24) is 9.97 Å². The molecule has 0 aliphatic carbocycles. The number of aldehydes is 1. The van der Waals surface area contributed by atoms with Crippen LogP contribution in [0.25, 0.3) is 11.0 Å². The van der Waals surface area contributed by atoms with Gasteiger partial charge in [-0.1, -0.05) is 17.8 Å². The van der Waals surface area contributed by atoms with E-state index in [1.165, 1.54) is 5.56 Å². The zero-order valence-electron chi connectivity index (χ0n) is 8.49. The van der Waals surface area contributed by atoms with E-state index in [0.717, 1.165) is 28.2 Å². The molecule has 3 nitrogen and oxygen atoms in total. The molecule has 1 N–H and O–H groups in total. The number of imidazole rings is 1. The largest absolute Gasteiger partial charge is 0.333 e. The van der Waals surface area contributed by atoms with E-state index >= 15 is 0 Å². The number of aromatic nitrogens is 2. The van der Waals surface area contributed by atoms with Crippen molar-refractivity contribution in [3.8, 4) is 0 Å². The van der Waals surface area contributed by atoms with Crippen molar-refractivity contribution in [3.05, 3.63) is 23.8 Å². The van der Waals surface area contributed by atoms with E-state index in [9.17, 15) is 4.79 Å². The van der Waals surface area contributed by atoms with Gasteiger partial charge in [-0.3, -0.25) is 0 Å². The minimum atomic E-state index is 0.570. The summed E-state index contributed by atoms with van der Waals surface area (Å²) in [5, 5.41) is 0.887. The number of thioether (sulfide) groups is 1. The van der Waals surface area contributed by atoms with Crippen molar-refractivity contribution in [2.45, 2.75) is 18.5 Å². The van der Waals surface area contributed by atoms with Crippen molar-refractivity contribution in [2.75, 3.05) is 5.75 Å². The second-order valence-corrected chi connectivity index (χ2v) is 4.45. The highest BCUT2D eigenvalue weighted by Crippen LogP contribution is 2.20. The minimum Gasteiger partial charge on any atom is -0.333 e. The average molecular weight is 220 g/mol. The zero-order chi connectivity index (χ0) is 10.7. The summed E-state index contributed by atoms with van der Waals surface area (Å²) in [5.41, 5.74) is 3.26. The second kappa shape index (κ2) is 4.49. The van der Waals surface area contributed by atoms with Crippen LogP contribution in [0.3, 0.4) is 0 Å². The second-order valence-electron chi connectivity index (χ2n) is 3.37. The van der Waals surface area contributed by atoms with Gasteiger partial charge in [0.05, 0.1) is 11.0 Å². The Hall–Kier alpha value is -1.29. The van der Waals surface area contributed by atoms with Crippen molar-refractivity contribution < 1.29 is 4.79 Å². The predicted octanol–water partition coefficient (Wildman–Crippen LogP) is 2.55. The van der Waals surface area contributed by atoms with E-state index in [-0.39, 0.29) is 0 Å². The number of nitrogens with zero attached hydrogens (tertiary/aromatic N) is 1. The highest BCUT2D eigenvalue weighted by Gasteiger charge is 2.02. The summed E-state index contributed by atoms with van der Waals surface area (Å²) in [6.45, 7) is 2.06. The fourth-order valence-corrected chi connectivity index (χ4v) is 2.12. The molecule has 0 saturated carbocycles. The van der Waals surface area contributed by atoms with Crippen LogP contribution < -0.4 is 0 Å². The Balaban J connectivity index is 2.19. The summed E-state index contributed by atoms with van der Waals surface area (Å²) in [6.07, 6.45) is 1.50. The molecule has 0 aliphatic heterocycles. The van der Waals surface area contributed by atoms with Gasteiger partial charge in [0.25, 0.3) is 0 Å². The molecule has 4 heteroatoms. The molecule has 1 aromatic heterocycles. The van der Waals surface area contributed by atoms with Gasteiger partial charge in [0.15, 0.2) is 5.16 Å². The van der Waals surface area contributed by atoms with Gasteiger partial charge in [0.2, 0.25) is 0 Å². The fourth-order valence-electron chi connectivity index (χ4n) is 1.37. The zero-order valence-corrected chi connectivity index (χ0v) is 9.30. The van der Waals surface area contributed by atoms with Gasteiger partial charge in [0, 0.05) is 12.2 Å². The third-order valence-corrected chi connectivity index (χ3v) is 3.00. The Kier molecular flexibility index (Phi) is 3.06. The van der Waals surface area contributed by atoms with E-state index in [1.807, 2.05) is 12.1 Å². The Labute approximate surface area is 92.3 Å². The van der Waals surface area contributed by atoms with Crippen LogP contribution in [0.2, 0.25) is 0 Å². The number of aryl methyl sites for hydroxylation is 1. The lowest BCUT2D eigenvalue weighted by molar-refractivity contribution is -0.107. The number of H-pyrrole nitrogens is 1. The van der Waals surface area contributed by atoms with Gasteiger partial charge in [0.1, 0.15) is 6.29 Å². The van der Waals surface area contributed by atoms with Crippen molar-refractivity contribution >= 4 is 29.1 Å². The van der Waals surface area contributed by atoms with Crippen LogP contribution in [0.1, 0.15) is 12.0 Å². The molecule has 0 amide bonds. The van der Waals surface area contributed by atoms with Crippen LogP contribution in [-0.2, 0) is 4.79 Å².